The van der Waals surface area contributed by atoms with E-state index in [0.29, 0.717) is 18.7 Å². The molecule has 1 aliphatic heterocycles. The third kappa shape index (κ3) is 3.46. The molecule has 0 N–H and O–H groups in total. The van der Waals surface area contributed by atoms with E-state index in [4.69, 9.17) is 9.47 Å². The number of ether oxygens (including phenoxy) is 2. The number of hydrogen-bond acceptors (Lipinski definition) is 5. The Morgan fingerprint density at radius 3 is 2.73 bits per heavy atom. The molecule has 0 atom stereocenters. The van der Waals surface area contributed by atoms with E-state index in [-0.39, 0.29) is 36.0 Å². The average Bonchev–Trinajstić information content (AvgIpc) is 3.10. The molecule has 2 aromatic heterocycles. The van der Waals surface area contributed by atoms with Crippen LogP contribution < -0.4 is 10.3 Å². The van der Waals surface area contributed by atoms with Crippen LogP contribution in [0, 0.1) is 0 Å². The zero-order chi connectivity index (χ0) is 18.8. The highest BCUT2D eigenvalue weighted by Crippen LogP contribution is 2.20. The number of likely N-dealkylation sites (N-methyl/N-ethyl adjacent to an activating group) is 1. The van der Waals surface area contributed by atoms with Crippen LogP contribution in [-0.4, -0.2) is 58.4 Å². The lowest BCUT2D eigenvalue weighted by Gasteiger charge is -2.31. The number of rotatable bonds is 5. The van der Waals surface area contributed by atoms with Gasteiger partial charge in [0.2, 0.25) is 5.91 Å². The Kier molecular flexibility index (Phi) is 5.31. The first-order valence-electron chi connectivity index (χ1n) is 8.93. The first-order chi connectivity index (χ1) is 12.4. The molecule has 0 spiro atoms. The van der Waals surface area contributed by atoms with Gasteiger partial charge in [-0.2, -0.15) is 0 Å². The van der Waals surface area contributed by atoms with Crippen molar-refractivity contribution in [1.29, 1.82) is 0 Å². The summed E-state index contributed by atoms with van der Waals surface area (Å²) in [5.74, 6) is 0.127. The summed E-state index contributed by atoms with van der Waals surface area (Å²) in [4.78, 5) is 27.2. The molecule has 1 saturated heterocycles. The summed E-state index contributed by atoms with van der Waals surface area (Å²) in [6.07, 6.45) is 3.47. The van der Waals surface area contributed by atoms with Crippen LogP contribution in [0.3, 0.4) is 0 Å². The molecular weight excluding hydrogens is 336 g/mol. The van der Waals surface area contributed by atoms with Gasteiger partial charge in [0.1, 0.15) is 12.1 Å². The van der Waals surface area contributed by atoms with Gasteiger partial charge in [0.05, 0.1) is 7.11 Å². The molecule has 0 unspecified atom stereocenters. The maximum Gasteiger partial charge on any atom is 0.318 e. The predicted octanol–water partition coefficient (Wildman–Crippen LogP) is 1.27. The van der Waals surface area contributed by atoms with Crippen LogP contribution in [0.5, 0.6) is 6.01 Å². The maximum absolute atomic E-state index is 12.8. The Hall–Kier alpha value is -2.35. The molecule has 26 heavy (non-hydrogen) atoms. The monoisotopic (exact) mass is 362 g/mol. The number of nitrogens with zero attached hydrogens (tertiary/aromatic N) is 4. The first kappa shape index (κ1) is 18.4. The van der Waals surface area contributed by atoms with Gasteiger partial charge in [-0.1, -0.05) is 13.8 Å². The molecule has 2 aromatic rings. The molecule has 1 amide bonds. The fraction of sp³-hybridized carbons (Fsp3) is 0.611. The van der Waals surface area contributed by atoms with Gasteiger partial charge in [0.15, 0.2) is 0 Å². The standard InChI is InChI=1S/C18H26N4O4/c1-12(2)13-9-15-17(24)22(19-18(25-4)21(15)10-13)11-16(23)20(3)14-5-7-26-8-6-14/h9-10,12,14H,5-8,11H2,1-4H3. The minimum atomic E-state index is -0.300. The second-order valence-electron chi connectivity index (χ2n) is 6.98. The maximum atomic E-state index is 12.8. The molecule has 0 radical (unpaired) electrons. The van der Waals surface area contributed by atoms with Crippen LogP contribution in [0.25, 0.3) is 5.52 Å². The van der Waals surface area contributed by atoms with Crippen LogP contribution in [0.2, 0.25) is 0 Å². The van der Waals surface area contributed by atoms with Gasteiger partial charge in [-0.3, -0.25) is 14.0 Å². The number of methoxy groups -OCH3 is 1. The lowest BCUT2D eigenvalue weighted by Crippen LogP contribution is -2.43. The molecule has 3 heterocycles. The zero-order valence-corrected chi connectivity index (χ0v) is 15.8. The molecule has 8 heteroatoms. The van der Waals surface area contributed by atoms with E-state index in [1.807, 2.05) is 12.3 Å². The van der Waals surface area contributed by atoms with Gasteiger partial charge in [-0.05, 0) is 30.4 Å². The molecular formula is C18H26N4O4. The van der Waals surface area contributed by atoms with Crippen LogP contribution in [0.1, 0.15) is 38.2 Å². The summed E-state index contributed by atoms with van der Waals surface area (Å²) in [5.41, 5.74) is 1.18. The fourth-order valence-corrected chi connectivity index (χ4v) is 3.21. The minimum Gasteiger partial charge on any atom is -0.467 e. The van der Waals surface area contributed by atoms with Gasteiger partial charge in [-0.25, -0.2) is 4.68 Å². The number of fused-ring (bicyclic) bond motifs is 1. The summed E-state index contributed by atoms with van der Waals surface area (Å²) in [6, 6.07) is 2.26. The summed E-state index contributed by atoms with van der Waals surface area (Å²) < 4.78 is 13.5. The predicted molar refractivity (Wildman–Crippen MR) is 96.7 cm³/mol. The second-order valence-corrected chi connectivity index (χ2v) is 6.98. The van der Waals surface area contributed by atoms with Crippen molar-refractivity contribution >= 4 is 11.4 Å². The van der Waals surface area contributed by atoms with Crippen LogP contribution >= 0.6 is 0 Å². The van der Waals surface area contributed by atoms with E-state index in [1.165, 1.54) is 11.8 Å². The molecule has 0 bridgehead atoms. The Labute approximate surface area is 152 Å². The van der Waals surface area contributed by atoms with Gasteiger partial charge in [0.25, 0.3) is 5.56 Å². The molecule has 8 nitrogen and oxygen atoms in total. The summed E-state index contributed by atoms with van der Waals surface area (Å²) in [5, 5.41) is 4.23. The van der Waals surface area contributed by atoms with Gasteiger partial charge in [-0.15, -0.1) is 5.10 Å². The second kappa shape index (κ2) is 7.49. The number of amides is 1. The van der Waals surface area contributed by atoms with Gasteiger partial charge < -0.3 is 14.4 Å². The van der Waals surface area contributed by atoms with E-state index in [2.05, 4.69) is 18.9 Å². The molecule has 0 aliphatic carbocycles. The largest absolute Gasteiger partial charge is 0.467 e. The number of carbonyl (C=O) groups is 1. The third-order valence-electron chi connectivity index (χ3n) is 4.97. The SMILES string of the molecule is COc1nn(CC(=O)N(C)C2CCOCC2)c(=O)c2cc(C(C)C)cn12. The third-order valence-corrected chi connectivity index (χ3v) is 4.97. The highest BCUT2D eigenvalue weighted by atomic mass is 16.5. The van der Waals surface area contributed by atoms with Crippen molar-refractivity contribution < 1.29 is 14.3 Å². The average molecular weight is 362 g/mol. The van der Waals surface area contributed by atoms with Crippen molar-refractivity contribution in [2.24, 2.45) is 0 Å². The van der Waals surface area contributed by atoms with Crippen LogP contribution in [-0.2, 0) is 16.1 Å². The topological polar surface area (TPSA) is 78.1 Å². The first-order valence-corrected chi connectivity index (χ1v) is 8.93. The molecule has 1 fully saturated rings. The highest BCUT2D eigenvalue weighted by Gasteiger charge is 2.24. The highest BCUT2D eigenvalue weighted by molar-refractivity contribution is 5.76. The van der Waals surface area contributed by atoms with E-state index in [0.717, 1.165) is 18.4 Å². The number of carbonyl (C=O) groups excluding carboxylic acids is 1. The van der Waals surface area contributed by atoms with Crippen molar-refractivity contribution in [3.8, 4) is 6.01 Å². The van der Waals surface area contributed by atoms with Gasteiger partial charge in [0, 0.05) is 32.5 Å². The lowest BCUT2D eigenvalue weighted by atomic mass is 10.1. The molecule has 0 saturated carbocycles. The Bertz CT molecular complexity index is 849. The minimum absolute atomic E-state index is 0.109. The van der Waals surface area contributed by atoms with Gasteiger partial charge >= 0.3 is 6.01 Å². The van der Waals surface area contributed by atoms with Crippen molar-refractivity contribution in [3.63, 3.8) is 0 Å². The summed E-state index contributed by atoms with van der Waals surface area (Å²) in [7, 11) is 3.27. The van der Waals surface area contributed by atoms with Crippen molar-refractivity contribution in [3.05, 3.63) is 28.2 Å². The van der Waals surface area contributed by atoms with E-state index in [1.54, 1.807) is 16.3 Å². The molecule has 0 aromatic carbocycles. The molecule has 3 rings (SSSR count). The Morgan fingerprint density at radius 1 is 1.42 bits per heavy atom. The zero-order valence-electron chi connectivity index (χ0n) is 15.8. The van der Waals surface area contributed by atoms with E-state index < -0.39 is 0 Å². The van der Waals surface area contributed by atoms with E-state index in [9.17, 15) is 9.59 Å². The Balaban J connectivity index is 1.90. The summed E-state index contributed by atoms with van der Waals surface area (Å²) >= 11 is 0. The smallest absolute Gasteiger partial charge is 0.318 e. The number of aromatic nitrogens is 3. The fourth-order valence-electron chi connectivity index (χ4n) is 3.21. The quantitative estimate of drug-likeness (QED) is 0.800. The molecule has 142 valence electrons. The normalized spacial score (nSPS) is 15.6. The Morgan fingerprint density at radius 2 is 2.12 bits per heavy atom. The van der Waals surface area contributed by atoms with Crippen molar-refractivity contribution in [2.75, 3.05) is 27.4 Å². The van der Waals surface area contributed by atoms with E-state index >= 15 is 0 Å². The lowest BCUT2D eigenvalue weighted by molar-refractivity contribution is -0.134. The van der Waals surface area contributed by atoms with Crippen LogP contribution in [0.15, 0.2) is 17.1 Å². The van der Waals surface area contributed by atoms with Crippen molar-refractivity contribution in [2.45, 2.75) is 45.2 Å². The number of hydrogen-bond donors (Lipinski definition) is 0. The summed E-state index contributed by atoms with van der Waals surface area (Å²) in [6.45, 7) is 5.31. The van der Waals surface area contributed by atoms with Crippen molar-refractivity contribution in [1.82, 2.24) is 19.1 Å². The van der Waals surface area contributed by atoms with Crippen LogP contribution in [0.4, 0.5) is 0 Å². The molecule has 1 aliphatic rings.